The molecular weight excluding hydrogens is 1430 g/mol. The zero-order chi connectivity index (χ0) is 78.0. The quantitative estimate of drug-likeness (QED) is 0.109. The molecule has 0 bridgehead atoms. The number of nitrogens with zero attached hydrogens (tertiary/aromatic N) is 4. The minimum atomic E-state index is 0.899. The molecule has 0 saturated carbocycles. The fourth-order valence-corrected chi connectivity index (χ4v) is 17.6. The first-order valence-electron chi connectivity index (χ1n) is 40.2. The highest BCUT2D eigenvalue weighted by Gasteiger charge is 2.21. The Bertz CT molecular complexity index is 7560. The Morgan fingerprint density at radius 2 is 0.415 bits per heavy atom. The standard InChI is InChI=1S/C58H38N2O.C54H36N2O/c1-2-12-49-42(10-1)11-9-16-50(49)43-22-20-39(21-23-43)40-24-29-45(30-25-40)59(46-31-26-41(27-32-46)44-28-37-54-53-15-5-8-19-57(53)61-58(54)38-44)47-33-35-48(36-34-47)60-55-17-6-3-13-51(55)52-14-4-7-18-56(52)60;1-2-10-37(11-3-1)38-18-20-39(21-19-38)40-22-27-43(28-23-40)55(44-29-24-41(25-30-44)42-26-35-50-49-14-6-9-17-53(49)57-54(50)36-42)45-31-33-46(34-32-45)56-51-15-7-4-12-47(51)48-13-5-8-16-52(48)56/h1-38H;1-36H. The van der Waals surface area contributed by atoms with Gasteiger partial charge in [-0.15, -0.1) is 0 Å². The van der Waals surface area contributed by atoms with Gasteiger partial charge in [0.25, 0.3) is 0 Å². The van der Waals surface area contributed by atoms with Crippen molar-refractivity contribution in [3.05, 3.63) is 449 Å². The van der Waals surface area contributed by atoms with Crippen LogP contribution in [-0.2, 0) is 0 Å². The van der Waals surface area contributed by atoms with Crippen LogP contribution in [0.2, 0.25) is 0 Å². The van der Waals surface area contributed by atoms with Crippen molar-refractivity contribution >= 4 is 132 Å². The van der Waals surface area contributed by atoms with Crippen LogP contribution in [0, 0.1) is 0 Å². The molecule has 4 heterocycles. The Labute approximate surface area is 682 Å². The van der Waals surface area contributed by atoms with Crippen LogP contribution in [0.15, 0.2) is 458 Å². The molecule has 23 aromatic rings. The van der Waals surface area contributed by atoms with Crippen LogP contribution < -0.4 is 9.80 Å². The fourth-order valence-electron chi connectivity index (χ4n) is 17.6. The van der Waals surface area contributed by atoms with Gasteiger partial charge < -0.3 is 27.8 Å². The predicted octanol–water partition coefficient (Wildman–Crippen LogP) is 31.5. The molecule has 554 valence electrons. The summed E-state index contributed by atoms with van der Waals surface area (Å²) in [5, 5.41) is 12.1. The molecule has 0 amide bonds. The van der Waals surface area contributed by atoms with Crippen molar-refractivity contribution in [1.29, 1.82) is 0 Å². The van der Waals surface area contributed by atoms with Crippen molar-refractivity contribution in [3.63, 3.8) is 0 Å². The van der Waals surface area contributed by atoms with Gasteiger partial charge in [-0.2, -0.15) is 0 Å². The molecule has 6 nitrogen and oxygen atoms in total. The van der Waals surface area contributed by atoms with E-state index in [0.717, 1.165) is 112 Å². The lowest BCUT2D eigenvalue weighted by atomic mass is 9.96. The van der Waals surface area contributed by atoms with E-state index in [2.05, 4.69) is 444 Å². The number of para-hydroxylation sites is 6. The topological polar surface area (TPSA) is 42.6 Å². The van der Waals surface area contributed by atoms with E-state index in [1.807, 2.05) is 24.3 Å². The lowest BCUT2D eigenvalue weighted by Gasteiger charge is -2.26. The van der Waals surface area contributed by atoms with Crippen LogP contribution in [0.1, 0.15) is 0 Å². The minimum Gasteiger partial charge on any atom is -0.456 e. The highest BCUT2D eigenvalue weighted by Crippen LogP contribution is 2.44. The van der Waals surface area contributed by atoms with Gasteiger partial charge >= 0.3 is 0 Å². The van der Waals surface area contributed by atoms with Gasteiger partial charge in [-0.05, 0) is 235 Å². The second-order valence-electron chi connectivity index (χ2n) is 30.3. The van der Waals surface area contributed by atoms with Crippen LogP contribution >= 0.6 is 0 Å². The first-order valence-corrected chi connectivity index (χ1v) is 40.2. The Balaban J connectivity index is 0.000000143. The van der Waals surface area contributed by atoms with E-state index in [-0.39, 0.29) is 0 Å². The number of benzene rings is 19. The molecule has 0 aliphatic carbocycles. The van der Waals surface area contributed by atoms with E-state index < -0.39 is 0 Å². The van der Waals surface area contributed by atoms with Gasteiger partial charge in [0.2, 0.25) is 0 Å². The number of fused-ring (bicyclic) bond motifs is 13. The molecule has 0 saturated heterocycles. The van der Waals surface area contributed by atoms with Gasteiger partial charge in [-0.1, -0.05) is 291 Å². The number of rotatable bonds is 14. The molecule has 0 spiro atoms. The van der Waals surface area contributed by atoms with E-state index in [0.29, 0.717) is 0 Å². The van der Waals surface area contributed by atoms with Crippen molar-refractivity contribution < 1.29 is 8.83 Å². The summed E-state index contributed by atoms with van der Waals surface area (Å²) in [7, 11) is 0. The van der Waals surface area contributed by atoms with Gasteiger partial charge in [0.15, 0.2) is 0 Å². The zero-order valence-electron chi connectivity index (χ0n) is 64.3. The smallest absolute Gasteiger partial charge is 0.136 e. The van der Waals surface area contributed by atoms with E-state index in [9.17, 15) is 0 Å². The molecule has 0 N–H and O–H groups in total. The van der Waals surface area contributed by atoms with Gasteiger partial charge in [-0.3, -0.25) is 0 Å². The van der Waals surface area contributed by atoms with Crippen molar-refractivity contribution in [1.82, 2.24) is 9.13 Å². The summed E-state index contributed by atoms with van der Waals surface area (Å²) < 4.78 is 17.2. The summed E-state index contributed by atoms with van der Waals surface area (Å²) in [6.45, 7) is 0. The number of anilines is 6. The molecule has 0 aliphatic rings. The molecule has 23 rings (SSSR count). The summed E-state index contributed by atoms with van der Waals surface area (Å²) in [4.78, 5) is 4.68. The lowest BCUT2D eigenvalue weighted by Crippen LogP contribution is -2.10. The van der Waals surface area contributed by atoms with Crippen LogP contribution in [0.3, 0.4) is 0 Å². The number of hydrogen-bond donors (Lipinski definition) is 0. The maximum Gasteiger partial charge on any atom is 0.136 e. The molecule has 4 aromatic heterocycles. The van der Waals surface area contributed by atoms with Crippen LogP contribution in [0.5, 0.6) is 0 Å². The van der Waals surface area contributed by atoms with Crippen molar-refractivity contribution in [2.75, 3.05) is 9.80 Å². The molecular formula is C112H74N4O2. The maximum absolute atomic E-state index is 6.25. The average Bonchev–Trinajstić information content (AvgIpc) is 1.60. The van der Waals surface area contributed by atoms with Crippen molar-refractivity contribution in [2.45, 2.75) is 0 Å². The van der Waals surface area contributed by atoms with Gasteiger partial charge in [0.1, 0.15) is 22.3 Å². The predicted molar refractivity (Wildman–Crippen MR) is 496 cm³/mol. The summed E-state index contributed by atoms with van der Waals surface area (Å²) in [6.07, 6.45) is 0. The van der Waals surface area contributed by atoms with E-state index in [1.54, 1.807) is 0 Å². The Morgan fingerprint density at radius 3 is 0.788 bits per heavy atom. The molecule has 0 atom stereocenters. The average molecular weight is 1510 g/mol. The molecule has 0 aliphatic heterocycles. The second kappa shape index (κ2) is 29.3. The summed E-state index contributed by atoms with van der Waals surface area (Å²) in [5.74, 6) is 0. The summed E-state index contributed by atoms with van der Waals surface area (Å²) >= 11 is 0. The van der Waals surface area contributed by atoms with E-state index >= 15 is 0 Å². The fraction of sp³-hybridized carbons (Fsp3) is 0. The Kier molecular flexibility index (Phi) is 17.1. The first kappa shape index (κ1) is 69.0. The van der Waals surface area contributed by atoms with E-state index in [4.69, 9.17) is 8.83 Å². The van der Waals surface area contributed by atoms with Crippen LogP contribution in [-0.4, -0.2) is 9.13 Å². The summed E-state index contributed by atoms with van der Waals surface area (Å²) in [6, 6.07) is 161. The van der Waals surface area contributed by atoms with Gasteiger partial charge in [-0.25, -0.2) is 0 Å². The van der Waals surface area contributed by atoms with Crippen molar-refractivity contribution in [3.8, 4) is 78.1 Å². The molecule has 0 radical (unpaired) electrons. The van der Waals surface area contributed by atoms with Gasteiger partial charge in [0, 0.05) is 88.6 Å². The summed E-state index contributed by atoms with van der Waals surface area (Å²) in [5.41, 5.74) is 31.3. The van der Waals surface area contributed by atoms with E-state index in [1.165, 1.54) is 98.9 Å². The highest BCUT2D eigenvalue weighted by molar-refractivity contribution is 6.12. The normalized spacial score (nSPS) is 11.6. The van der Waals surface area contributed by atoms with Crippen molar-refractivity contribution in [2.24, 2.45) is 0 Å². The third kappa shape index (κ3) is 12.5. The molecule has 0 fully saturated rings. The minimum absolute atomic E-state index is 0.899. The number of hydrogen-bond acceptors (Lipinski definition) is 4. The molecule has 6 heteroatoms. The van der Waals surface area contributed by atoms with Crippen LogP contribution in [0.4, 0.5) is 34.1 Å². The Hall–Kier alpha value is -15.8. The third-order valence-electron chi connectivity index (χ3n) is 23.5. The first-order chi connectivity index (χ1) is 58.5. The zero-order valence-corrected chi connectivity index (χ0v) is 64.3. The van der Waals surface area contributed by atoms with Gasteiger partial charge in [0.05, 0.1) is 22.1 Å². The third-order valence-corrected chi connectivity index (χ3v) is 23.5. The maximum atomic E-state index is 6.25. The second-order valence-corrected chi connectivity index (χ2v) is 30.3. The monoisotopic (exact) mass is 1510 g/mol. The molecule has 118 heavy (non-hydrogen) atoms. The number of furan rings is 2. The molecule has 0 unspecified atom stereocenters. The largest absolute Gasteiger partial charge is 0.456 e. The lowest BCUT2D eigenvalue weighted by molar-refractivity contribution is 0.668. The SMILES string of the molecule is c1ccc(-c2ccc(-c3ccc(N(c4ccc(-c5ccc6c(c5)oc5ccccc56)cc4)c4ccc(-n5c6ccccc6c6ccccc65)cc4)cc3)cc2)cc1.c1ccc2c(-c3ccc(-c4ccc(N(c5ccc(-c6ccc7c(c6)oc6ccccc67)cc5)c5ccc(-n6c7ccccc7c7ccccc76)cc5)cc4)cc3)cccc2c1. The van der Waals surface area contributed by atoms with Crippen LogP contribution in [0.25, 0.3) is 176 Å². The Morgan fingerprint density at radius 1 is 0.161 bits per heavy atom. The molecule has 19 aromatic carbocycles. The highest BCUT2D eigenvalue weighted by atomic mass is 16.3. The number of aromatic nitrogens is 2.